The van der Waals surface area contributed by atoms with Crippen LogP contribution in [0.1, 0.15) is 51.6 Å². The molecule has 2 aromatic heterocycles. The van der Waals surface area contributed by atoms with Gasteiger partial charge in [0.05, 0.1) is 43.2 Å². The van der Waals surface area contributed by atoms with Gasteiger partial charge in [0, 0.05) is 37.6 Å². The number of ether oxygens (including phenoxy) is 1. The SMILES string of the molecule is C=CC(=O)N1CCC[C@H](n2cc(Nc3ncc(C(N)=O)c(Nc4c(C)cc(C(=O)NCCC#N)cc4OC)n3)cn2)C1. The molecule has 1 atom stereocenters. The average Bonchev–Trinajstić information content (AvgIpc) is 3.46. The zero-order valence-electron chi connectivity index (χ0n) is 23.4. The summed E-state index contributed by atoms with van der Waals surface area (Å²) in [5.74, 6) is -0.545. The second-order valence-corrected chi connectivity index (χ2v) is 9.60. The van der Waals surface area contributed by atoms with Gasteiger partial charge in [-0.1, -0.05) is 6.58 Å². The first kappa shape index (κ1) is 29.5. The number of methoxy groups -OCH3 is 1. The Morgan fingerprint density at radius 3 is 2.81 bits per heavy atom. The van der Waals surface area contributed by atoms with E-state index in [4.69, 9.17) is 15.7 Å². The van der Waals surface area contributed by atoms with Crippen LogP contribution in [-0.4, -0.2) is 69.1 Å². The lowest BCUT2D eigenvalue weighted by atomic mass is 10.1. The number of aromatic nitrogens is 4. The van der Waals surface area contributed by atoms with Gasteiger partial charge < -0.3 is 31.3 Å². The number of benzene rings is 1. The topological polar surface area (TPSA) is 193 Å². The lowest BCUT2D eigenvalue weighted by molar-refractivity contribution is -0.127. The van der Waals surface area contributed by atoms with E-state index in [-0.39, 0.29) is 48.2 Å². The molecule has 5 N–H and O–H groups in total. The van der Waals surface area contributed by atoms with Crippen LogP contribution in [0.15, 0.2) is 43.4 Å². The Morgan fingerprint density at radius 2 is 2.10 bits per heavy atom. The Kier molecular flexibility index (Phi) is 9.33. The fourth-order valence-electron chi connectivity index (χ4n) is 4.61. The second-order valence-electron chi connectivity index (χ2n) is 9.60. The van der Waals surface area contributed by atoms with Gasteiger partial charge in [-0.15, -0.1) is 0 Å². The first-order chi connectivity index (χ1) is 20.2. The summed E-state index contributed by atoms with van der Waals surface area (Å²) in [6, 6.07) is 5.19. The van der Waals surface area contributed by atoms with E-state index in [1.807, 2.05) is 6.07 Å². The van der Waals surface area contributed by atoms with Crippen LogP contribution in [0.4, 0.5) is 23.1 Å². The van der Waals surface area contributed by atoms with Gasteiger partial charge in [0.1, 0.15) is 17.1 Å². The van der Waals surface area contributed by atoms with Gasteiger partial charge in [-0.25, -0.2) is 4.98 Å². The highest BCUT2D eigenvalue weighted by Crippen LogP contribution is 2.33. The number of nitrogens with zero attached hydrogens (tertiary/aromatic N) is 6. The van der Waals surface area contributed by atoms with E-state index in [1.165, 1.54) is 19.4 Å². The van der Waals surface area contributed by atoms with Gasteiger partial charge >= 0.3 is 0 Å². The van der Waals surface area contributed by atoms with Crippen LogP contribution in [0, 0.1) is 18.3 Å². The fraction of sp³-hybridized carbons (Fsp3) is 0.321. The van der Waals surface area contributed by atoms with E-state index in [0.29, 0.717) is 41.3 Å². The van der Waals surface area contributed by atoms with Gasteiger partial charge in [0.25, 0.3) is 11.8 Å². The number of nitrogens with one attached hydrogen (secondary N) is 3. The largest absolute Gasteiger partial charge is 0.495 e. The van der Waals surface area contributed by atoms with Crippen LogP contribution >= 0.6 is 0 Å². The van der Waals surface area contributed by atoms with Crippen molar-refractivity contribution in [1.82, 2.24) is 30.0 Å². The highest BCUT2D eigenvalue weighted by molar-refractivity contribution is 5.99. The number of amides is 3. The maximum absolute atomic E-state index is 12.5. The molecule has 0 unspecified atom stereocenters. The van der Waals surface area contributed by atoms with Gasteiger partial charge in [-0.05, 0) is 43.5 Å². The molecule has 1 aromatic carbocycles. The third kappa shape index (κ3) is 6.81. The third-order valence-corrected chi connectivity index (χ3v) is 6.72. The summed E-state index contributed by atoms with van der Waals surface area (Å²) < 4.78 is 7.32. The molecule has 3 aromatic rings. The zero-order chi connectivity index (χ0) is 30.2. The number of carbonyl (C=O) groups is 3. The zero-order valence-corrected chi connectivity index (χ0v) is 23.4. The number of rotatable bonds is 11. The Hall–Kier alpha value is -5.45. The molecule has 3 amide bonds. The molecule has 218 valence electrons. The molecule has 1 fully saturated rings. The third-order valence-electron chi connectivity index (χ3n) is 6.72. The van der Waals surface area contributed by atoms with E-state index in [2.05, 4.69) is 37.6 Å². The first-order valence-corrected chi connectivity index (χ1v) is 13.2. The fourth-order valence-corrected chi connectivity index (χ4v) is 4.61. The molecule has 14 nitrogen and oxygen atoms in total. The number of nitriles is 1. The number of piperidine rings is 1. The quantitative estimate of drug-likeness (QED) is 0.196. The van der Waals surface area contributed by atoms with Crippen molar-refractivity contribution in [3.05, 3.63) is 60.1 Å². The smallest absolute Gasteiger partial charge is 0.254 e. The lowest BCUT2D eigenvalue weighted by Crippen LogP contribution is -2.39. The molecular weight excluding hydrogens is 540 g/mol. The van der Waals surface area contributed by atoms with E-state index in [0.717, 1.165) is 12.8 Å². The minimum absolute atomic E-state index is 0.0143. The van der Waals surface area contributed by atoms with E-state index in [9.17, 15) is 14.4 Å². The monoisotopic (exact) mass is 572 g/mol. The number of hydrogen-bond donors (Lipinski definition) is 4. The Labute approximate surface area is 242 Å². The van der Waals surface area contributed by atoms with Crippen LogP contribution in [0.2, 0.25) is 0 Å². The van der Waals surface area contributed by atoms with E-state index < -0.39 is 5.91 Å². The van der Waals surface area contributed by atoms with Gasteiger partial charge in [-0.2, -0.15) is 15.3 Å². The minimum Gasteiger partial charge on any atom is -0.495 e. The molecule has 0 radical (unpaired) electrons. The molecule has 1 aliphatic rings. The predicted octanol–water partition coefficient (Wildman–Crippen LogP) is 2.57. The first-order valence-electron chi connectivity index (χ1n) is 13.2. The number of hydrogen-bond acceptors (Lipinski definition) is 10. The van der Waals surface area contributed by atoms with Crippen molar-refractivity contribution in [3.8, 4) is 11.8 Å². The minimum atomic E-state index is -0.738. The second kappa shape index (κ2) is 13.3. The summed E-state index contributed by atoms with van der Waals surface area (Å²) >= 11 is 0. The Morgan fingerprint density at radius 1 is 1.29 bits per heavy atom. The van der Waals surface area contributed by atoms with Crippen molar-refractivity contribution >= 4 is 40.9 Å². The van der Waals surface area contributed by atoms with Crippen LogP contribution in [-0.2, 0) is 4.79 Å². The molecule has 0 bridgehead atoms. The van der Waals surface area contributed by atoms with Crippen LogP contribution in [0.25, 0.3) is 0 Å². The van der Waals surface area contributed by atoms with Crippen LogP contribution in [0.3, 0.4) is 0 Å². The molecule has 0 saturated carbocycles. The lowest BCUT2D eigenvalue weighted by Gasteiger charge is -2.32. The summed E-state index contributed by atoms with van der Waals surface area (Å²) in [5, 5.41) is 22.0. The molecule has 4 rings (SSSR count). The van der Waals surface area contributed by atoms with Crippen molar-refractivity contribution in [3.63, 3.8) is 0 Å². The number of aryl methyl sites for hydroxylation is 1. The van der Waals surface area contributed by atoms with Gasteiger partial charge in [-0.3, -0.25) is 19.1 Å². The molecule has 14 heteroatoms. The highest BCUT2D eigenvalue weighted by atomic mass is 16.5. The van der Waals surface area contributed by atoms with Crippen molar-refractivity contribution in [2.75, 3.05) is 37.4 Å². The van der Waals surface area contributed by atoms with Crippen LogP contribution < -0.4 is 26.4 Å². The molecule has 0 aliphatic carbocycles. The van der Waals surface area contributed by atoms with Crippen molar-refractivity contribution in [2.24, 2.45) is 5.73 Å². The molecular formula is C28H32N10O4. The van der Waals surface area contributed by atoms with E-state index in [1.54, 1.807) is 41.0 Å². The van der Waals surface area contributed by atoms with Gasteiger partial charge in [0.15, 0.2) is 0 Å². The summed E-state index contributed by atoms with van der Waals surface area (Å²) in [4.78, 5) is 47.2. The van der Waals surface area contributed by atoms with Crippen LogP contribution in [0.5, 0.6) is 5.75 Å². The molecule has 1 saturated heterocycles. The normalized spacial score (nSPS) is 14.4. The average molecular weight is 573 g/mol. The number of carbonyl (C=O) groups excluding carboxylic acids is 3. The number of primary amides is 1. The molecule has 3 heterocycles. The summed E-state index contributed by atoms with van der Waals surface area (Å²) in [7, 11) is 1.45. The van der Waals surface area contributed by atoms with Gasteiger partial charge in [0.2, 0.25) is 11.9 Å². The van der Waals surface area contributed by atoms with Crippen molar-refractivity contribution in [1.29, 1.82) is 5.26 Å². The standard InChI is InChI=1S/C28H32N10O4/c1-4-23(39)37-10-5-7-20(16-37)38-15-19(13-33-38)34-28-32-14-21(25(30)40)26(36-28)35-24-17(2)11-18(12-22(24)42-3)27(41)31-9-6-8-29/h4,11-15,20H,1,5-7,9-10,16H2,2-3H3,(H2,30,40)(H,31,41)(H2,32,34,35,36)/t20-/m0/s1. The maximum atomic E-state index is 12.5. The summed E-state index contributed by atoms with van der Waals surface area (Å²) in [5.41, 5.74) is 7.71. The van der Waals surface area contributed by atoms with Crippen molar-refractivity contribution < 1.29 is 19.1 Å². The maximum Gasteiger partial charge on any atom is 0.254 e. The number of anilines is 4. The number of nitrogens with two attached hydrogens (primary N) is 1. The van der Waals surface area contributed by atoms with E-state index >= 15 is 0 Å². The molecule has 42 heavy (non-hydrogen) atoms. The summed E-state index contributed by atoms with van der Waals surface area (Å²) in [6.45, 7) is 6.78. The Balaban J connectivity index is 1.55. The number of likely N-dealkylation sites (tertiary alicyclic amines) is 1. The molecule has 1 aliphatic heterocycles. The highest BCUT2D eigenvalue weighted by Gasteiger charge is 2.24. The summed E-state index contributed by atoms with van der Waals surface area (Å²) in [6.07, 6.45) is 7.98. The molecule has 0 spiro atoms. The Bertz CT molecular complexity index is 1540. The van der Waals surface area contributed by atoms with Crippen molar-refractivity contribution in [2.45, 2.75) is 32.2 Å². The predicted molar refractivity (Wildman–Crippen MR) is 155 cm³/mol.